The Balaban J connectivity index is 4.26. The SMILES string of the molecule is CC(C)CCCCCCCCCCCCCCCCC(=O)OC[C@@H](COC(=O)CCCCCCCCCCCCCCC(C)C)OC(=O)CCCCCCCCCC(C)C. The molecule has 0 spiro atoms. The third kappa shape index (κ3) is 47.5. The maximum atomic E-state index is 12.8. The van der Waals surface area contributed by atoms with Gasteiger partial charge in [-0.15, -0.1) is 0 Å². The Bertz CT molecular complexity index is 929. The van der Waals surface area contributed by atoms with Gasteiger partial charge in [-0.25, -0.2) is 0 Å². The fourth-order valence-electron chi connectivity index (χ4n) is 8.12. The molecule has 0 aromatic carbocycles. The number of rotatable bonds is 47. The third-order valence-corrected chi connectivity index (χ3v) is 12.1. The summed E-state index contributed by atoms with van der Waals surface area (Å²) in [5.41, 5.74) is 0. The topological polar surface area (TPSA) is 78.9 Å². The van der Waals surface area contributed by atoms with Gasteiger partial charge in [0.2, 0.25) is 0 Å². The van der Waals surface area contributed by atoms with Crippen LogP contribution in [0.25, 0.3) is 0 Å². The minimum atomic E-state index is -0.763. The summed E-state index contributed by atoms with van der Waals surface area (Å²) in [5, 5.41) is 0. The Labute approximate surface area is 374 Å². The predicted octanol–water partition coefficient (Wildman–Crippen LogP) is 17.2. The van der Waals surface area contributed by atoms with Crippen molar-refractivity contribution in [1.82, 2.24) is 0 Å². The van der Waals surface area contributed by atoms with E-state index in [0.29, 0.717) is 19.3 Å². The zero-order chi connectivity index (χ0) is 44.2. The van der Waals surface area contributed by atoms with Crippen molar-refractivity contribution >= 4 is 17.9 Å². The van der Waals surface area contributed by atoms with E-state index in [4.69, 9.17) is 14.2 Å². The van der Waals surface area contributed by atoms with E-state index in [0.717, 1.165) is 75.5 Å². The average molecular weight is 849 g/mol. The van der Waals surface area contributed by atoms with Crippen LogP contribution in [0.5, 0.6) is 0 Å². The first-order valence-electron chi connectivity index (χ1n) is 26.6. The molecule has 0 amide bonds. The van der Waals surface area contributed by atoms with Crippen LogP contribution in [-0.2, 0) is 28.6 Å². The molecule has 0 rings (SSSR count). The summed E-state index contributed by atoms with van der Waals surface area (Å²) in [6, 6.07) is 0. The normalized spacial score (nSPS) is 12.2. The van der Waals surface area contributed by atoms with Crippen molar-refractivity contribution < 1.29 is 28.6 Å². The lowest BCUT2D eigenvalue weighted by atomic mass is 10.0. The molecule has 1 atom stereocenters. The Morgan fingerprint density at radius 3 is 0.717 bits per heavy atom. The Morgan fingerprint density at radius 1 is 0.283 bits per heavy atom. The first-order chi connectivity index (χ1) is 29.1. The van der Waals surface area contributed by atoms with Crippen molar-refractivity contribution in [3.63, 3.8) is 0 Å². The van der Waals surface area contributed by atoms with Crippen molar-refractivity contribution in [2.45, 2.75) is 298 Å². The van der Waals surface area contributed by atoms with Gasteiger partial charge >= 0.3 is 17.9 Å². The number of carbonyl (C=O) groups excluding carboxylic acids is 3. The highest BCUT2D eigenvalue weighted by Gasteiger charge is 2.19. The predicted molar refractivity (Wildman–Crippen MR) is 256 cm³/mol. The van der Waals surface area contributed by atoms with E-state index in [9.17, 15) is 14.4 Å². The van der Waals surface area contributed by atoms with Crippen LogP contribution in [0.1, 0.15) is 292 Å². The molecule has 356 valence electrons. The molecule has 0 bridgehead atoms. The first kappa shape index (κ1) is 58.4. The van der Waals surface area contributed by atoms with Crippen molar-refractivity contribution in [1.29, 1.82) is 0 Å². The summed E-state index contributed by atoms with van der Waals surface area (Å²) < 4.78 is 16.8. The third-order valence-electron chi connectivity index (χ3n) is 12.1. The number of hydrogen-bond acceptors (Lipinski definition) is 6. The molecule has 0 aromatic rings. The van der Waals surface area contributed by atoms with Crippen molar-refractivity contribution in [2.24, 2.45) is 17.8 Å². The lowest BCUT2D eigenvalue weighted by Gasteiger charge is -2.18. The van der Waals surface area contributed by atoms with Gasteiger partial charge in [-0.1, -0.05) is 253 Å². The summed E-state index contributed by atoms with van der Waals surface area (Å²) in [6.07, 6.45) is 45.3. The lowest BCUT2D eigenvalue weighted by molar-refractivity contribution is -0.167. The fourth-order valence-corrected chi connectivity index (χ4v) is 8.12. The van der Waals surface area contributed by atoms with E-state index in [1.165, 1.54) is 173 Å². The van der Waals surface area contributed by atoms with Crippen LogP contribution in [0.2, 0.25) is 0 Å². The van der Waals surface area contributed by atoms with Crippen LogP contribution in [-0.4, -0.2) is 37.2 Å². The molecule has 6 heteroatoms. The van der Waals surface area contributed by atoms with Crippen LogP contribution in [0, 0.1) is 17.8 Å². The van der Waals surface area contributed by atoms with Gasteiger partial charge in [-0.3, -0.25) is 14.4 Å². The molecule has 0 aromatic heterocycles. The molecule has 0 saturated heterocycles. The van der Waals surface area contributed by atoms with Crippen molar-refractivity contribution in [3.05, 3.63) is 0 Å². The first-order valence-corrected chi connectivity index (χ1v) is 26.6. The van der Waals surface area contributed by atoms with Gasteiger partial charge < -0.3 is 14.2 Å². The molecule has 0 unspecified atom stereocenters. The van der Waals surface area contributed by atoms with E-state index in [-0.39, 0.29) is 31.1 Å². The molecule has 0 saturated carbocycles. The van der Waals surface area contributed by atoms with Gasteiger partial charge in [0.25, 0.3) is 0 Å². The molecule has 0 aliphatic rings. The molecular formula is C54H104O6. The minimum absolute atomic E-state index is 0.0650. The number of unbranched alkanes of at least 4 members (excludes halogenated alkanes) is 30. The molecule has 60 heavy (non-hydrogen) atoms. The smallest absolute Gasteiger partial charge is 0.306 e. The summed E-state index contributed by atoms with van der Waals surface area (Å²) >= 11 is 0. The zero-order valence-corrected chi connectivity index (χ0v) is 41.3. The second kappa shape index (κ2) is 45.4. The summed E-state index contributed by atoms with van der Waals surface area (Å²) in [7, 11) is 0. The van der Waals surface area contributed by atoms with E-state index in [1.807, 2.05) is 0 Å². The Morgan fingerprint density at radius 2 is 0.483 bits per heavy atom. The van der Waals surface area contributed by atoms with Crippen LogP contribution in [0.3, 0.4) is 0 Å². The Kier molecular flexibility index (Phi) is 44.2. The molecule has 0 radical (unpaired) electrons. The van der Waals surface area contributed by atoms with E-state index in [2.05, 4.69) is 41.5 Å². The second-order valence-electron chi connectivity index (χ2n) is 19.9. The molecule has 0 heterocycles. The number of carbonyl (C=O) groups is 3. The average Bonchev–Trinajstić information content (AvgIpc) is 3.20. The largest absolute Gasteiger partial charge is 0.462 e. The standard InChI is InChI=1S/C54H104O6/c1-48(2)40-34-28-22-17-13-9-7-8-10-15-19-25-31-37-43-52(55)58-46-51(60-54(57)45-39-33-27-21-24-30-36-42-50(5)6)47-59-53(56)44-38-32-26-20-16-12-11-14-18-23-29-35-41-49(3)4/h48-51H,7-47H2,1-6H3/t51-/m0/s1. The second-order valence-corrected chi connectivity index (χ2v) is 19.9. The van der Waals surface area contributed by atoms with Gasteiger partial charge in [0.15, 0.2) is 6.10 Å². The quantitative estimate of drug-likeness (QED) is 0.0345. The lowest BCUT2D eigenvalue weighted by Crippen LogP contribution is -2.30. The van der Waals surface area contributed by atoms with Crippen LogP contribution >= 0.6 is 0 Å². The Hall–Kier alpha value is -1.59. The summed E-state index contributed by atoms with van der Waals surface area (Å²) in [4.78, 5) is 37.9. The van der Waals surface area contributed by atoms with Gasteiger partial charge in [0.05, 0.1) is 0 Å². The van der Waals surface area contributed by atoms with Gasteiger partial charge in [-0.05, 0) is 37.0 Å². The maximum Gasteiger partial charge on any atom is 0.306 e. The van der Waals surface area contributed by atoms with Gasteiger partial charge in [0.1, 0.15) is 13.2 Å². The number of hydrogen-bond donors (Lipinski definition) is 0. The van der Waals surface area contributed by atoms with E-state index in [1.54, 1.807) is 0 Å². The van der Waals surface area contributed by atoms with Gasteiger partial charge in [-0.2, -0.15) is 0 Å². The maximum absolute atomic E-state index is 12.8. The minimum Gasteiger partial charge on any atom is -0.462 e. The highest BCUT2D eigenvalue weighted by atomic mass is 16.6. The molecule has 6 nitrogen and oxygen atoms in total. The number of esters is 3. The highest BCUT2D eigenvalue weighted by Crippen LogP contribution is 2.18. The van der Waals surface area contributed by atoms with Crippen molar-refractivity contribution in [2.75, 3.05) is 13.2 Å². The highest BCUT2D eigenvalue weighted by molar-refractivity contribution is 5.71. The molecule has 0 aliphatic carbocycles. The molecular weight excluding hydrogens is 745 g/mol. The van der Waals surface area contributed by atoms with Crippen molar-refractivity contribution in [3.8, 4) is 0 Å². The van der Waals surface area contributed by atoms with Gasteiger partial charge in [0, 0.05) is 19.3 Å². The fraction of sp³-hybridized carbons (Fsp3) is 0.944. The summed E-state index contributed by atoms with van der Waals surface area (Å²) in [6.45, 7) is 13.7. The summed E-state index contributed by atoms with van der Waals surface area (Å²) in [5.74, 6) is 1.60. The van der Waals surface area contributed by atoms with Crippen LogP contribution < -0.4 is 0 Å². The molecule has 0 fully saturated rings. The zero-order valence-electron chi connectivity index (χ0n) is 41.3. The van der Waals surface area contributed by atoms with Crippen LogP contribution in [0.15, 0.2) is 0 Å². The molecule has 0 N–H and O–H groups in total. The van der Waals surface area contributed by atoms with E-state index >= 15 is 0 Å². The van der Waals surface area contributed by atoms with E-state index < -0.39 is 6.10 Å². The van der Waals surface area contributed by atoms with Crippen LogP contribution in [0.4, 0.5) is 0 Å². The monoisotopic (exact) mass is 849 g/mol. The molecule has 0 aliphatic heterocycles. The number of ether oxygens (including phenoxy) is 3.